The van der Waals surface area contributed by atoms with Gasteiger partial charge in [-0.1, -0.05) is 17.7 Å². The summed E-state index contributed by atoms with van der Waals surface area (Å²) < 4.78 is 0. The Morgan fingerprint density at radius 1 is 1.44 bits per heavy atom. The number of benzene rings is 1. The Hall–Kier alpha value is -0.730. The lowest BCUT2D eigenvalue weighted by Gasteiger charge is -2.41. The van der Waals surface area contributed by atoms with Crippen molar-refractivity contribution < 1.29 is 0 Å². The van der Waals surface area contributed by atoms with Crippen LogP contribution in [-0.4, -0.2) is 25.7 Å². The van der Waals surface area contributed by atoms with Gasteiger partial charge in [0.25, 0.3) is 0 Å². The van der Waals surface area contributed by atoms with E-state index in [1.165, 1.54) is 18.5 Å². The average molecular weight is 239 g/mol. The number of rotatable bonds is 2. The third-order valence-corrected chi connectivity index (χ3v) is 3.71. The first-order chi connectivity index (χ1) is 7.63. The first-order valence-corrected chi connectivity index (χ1v) is 6.20. The lowest BCUT2D eigenvalue weighted by Crippen LogP contribution is -2.53. The van der Waals surface area contributed by atoms with Gasteiger partial charge in [-0.2, -0.15) is 0 Å². The van der Waals surface area contributed by atoms with Crippen molar-refractivity contribution in [3.63, 3.8) is 0 Å². The van der Waals surface area contributed by atoms with Crippen LogP contribution < -0.4 is 10.2 Å². The van der Waals surface area contributed by atoms with Crippen molar-refractivity contribution in [2.24, 2.45) is 0 Å². The van der Waals surface area contributed by atoms with E-state index in [4.69, 9.17) is 11.6 Å². The highest BCUT2D eigenvalue weighted by Crippen LogP contribution is 2.27. The van der Waals surface area contributed by atoms with Gasteiger partial charge in [0, 0.05) is 29.3 Å². The monoisotopic (exact) mass is 238 g/mol. The summed E-state index contributed by atoms with van der Waals surface area (Å²) >= 11 is 6.03. The van der Waals surface area contributed by atoms with Crippen molar-refractivity contribution in [3.05, 3.63) is 29.3 Å². The zero-order valence-electron chi connectivity index (χ0n) is 9.96. The summed E-state index contributed by atoms with van der Waals surface area (Å²) in [5.74, 6) is 0. The van der Waals surface area contributed by atoms with Crippen LogP contribution in [0.15, 0.2) is 24.3 Å². The Kier molecular flexibility index (Phi) is 3.41. The molecule has 16 heavy (non-hydrogen) atoms. The highest BCUT2D eigenvalue weighted by molar-refractivity contribution is 6.30. The van der Waals surface area contributed by atoms with Crippen LogP contribution in [0.25, 0.3) is 0 Å². The topological polar surface area (TPSA) is 15.3 Å². The first-order valence-electron chi connectivity index (χ1n) is 5.82. The van der Waals surface area contributed by atoms with Gasteiger partial charge in [-0.15, -0.1) is 0 Å². The van der Waals surface area contributed by atoms with Gasteiger partial charge in [0.05, 0.1) is 0 Å². The summed E-state index contributed by atoms with van der Waals surface area (Å²) in [4.78, 5) is 2.41. The fourth-order valence-electron chi connectivity index (χ4n) is 2.34. The Morgan fingerprint density at radius 2 is 2.25 bits per heavy atom. The summed E-state index contributed by atoms with van der Waals surface area (Å²) in [6.45, 7) is 4.45. The molecule has 1 N–H and O–H groups in total. The maximum atomic E-state index is 6.03. The van der Waals surface area contributed by atoms with Crippen molar-refractivity contribution in [2.75, 3.05) is 25.0 Å². The molecule has 0 amide bonds. The van der Waals surface area contributed by atoms with Gasteiger partial charge in [-0.25, -0.2) is 0 Å². The van der Waals surface area contributed by atoms with Gasteiger partial charge in [0.2, 0.25) is 0 Å². The van der Waals surface area contributed by atoms with Crippen molar-refractivity contribution in [1.82, 2.24) is 5.32 Å². The van der Waals surface area contributed by atoms with Crippen molar-refractivity contribution >= 4 is 17.3 Å². The number of nitrogens with one attached hydrogen (secondary N) is 1. The number of likely N-dealkylation sites (N-methyl/N-ethyl adjacent to an activating group) is 1. The number of anilines is 1. The second-order valence-corrected chi connectivity index (χ2v) is 5.25. The molecule has 1 unspecified atom stereocenters. The molecule has 1 aliphatic rings. The molecule has 0 bridgehead atoms. The molecule has 1 aromatic rings. The van der Waals surface area contributed by atoms with Crippen LogP contribution in [0.5, 0.6) is 0 Å². The smallest absolute Gasteiger partial charge is 0.0426 e. The molecule has 1 aromatic carbocycles. The van der Waals surface area contributed by atoms with Gasteiger partial charge < -0.3 is 10.2 Å². The van der Waals surface area contributed by atoms with Crippen molar-refractivity contribution in [1.29, 1.82) is 0 Å². The lowest BCUT2D eigenvalue weighted by atomic mass is 9.91. The van der Waals surface area contributed by atoms with Crippen LogP contribution in [-0.2, 0) is 0 Å². The molecule has 0 spiro atoms. The minimum Gasteiger partial charge on any atom is -0.370 e. The third-order valence-electron chi connectivity index (χ3n) is 3.47. The van der Waals surface area contributed by atoms with Gasteiger partial charge >= 0.3 is 0 Å². The van der Waals surface area contributed by atoms with Gasteiger partial charge in [-0.05, 0) is 45.0 Å². The summed E-state index contributed by atoms with van der Waals surface area (Å²) in [5.41, 5.74) is 1.45. The quantitative estimate of drug-likeness (QED) is 0.853. The van der Waals surface area contributed by atoms with E-state index in [9.17, 15) is 0 Å². The molecular formula is C13H19ClN2. The predicted molar refractivity (Wildman–Crippen MR) is 70.4 cm³/mol. The zero-order chi connectivity index (χ0) is 11.6. The predicted octanol–water partition coefficient (Wildman–Crippen LogP) is 2.92. The minimum atomic E-state index is 0.223. The summed E-state index contributed by atoms with van der Waals surface area (Å²) in [5, 5.41) is 4.23. The molecule has 1 heterocycles. The van der Waals surface area contributed by atoms with Crippen LogP contribution in [0, 0.1) is 0 Å². The number of hydrogen-bond donors (Lipinski definition) is 1. The van der Waals surface area contributed by atoms with E-state index in [2.05, 4.69) is 23.2 Å². The Bertz CT molecular complexity index is 367. The van der Waals surface area contributed by atoms with E-state index >= 15 is 0 Å². The van der Waals surface area contributed by atoms with Crippen LogP contribution in [0.1, 0.15) is 19.8 Å². The number of halogens is 1. The number of piperidine rings is 1. The van der Waals surface area contributed by atoms with Crippen LogP contribution in [0.2, 0.25) is 5.02 Å². The van der Waals surface area contributed by atoms with E-state index < -0.39 is 0 Å². The normalized spacial score (nSPS) is 25.8. The molecule has 1 atom stereocenters. The van der Waals surface area contributed by atoms with Gasteiger partial charge in [0.15, 0.2) is 0 Å². The van der Waals surface area contributed by atoms with E-state index in [1.54, 1.807) is 0 Å². The molecule has 2 nitrogen and oxygen atoms in total. The SMILES string of the molecule is CNC1(C)CCCN(c2cccc(Cl)c2)C1. The van der Waals surface area contributed by atoms with E-state index in [0.717, 1.165) is 18.1 Å². The molecule has 3 heteroatoms. The Morgan fingerprint density at radius 3 is 2.94 bits per heavy atom. The van der Waals surface area contributed by atoms with E-state index in [1.807, 2.05) is 25.2 Å². The van der Waals surface area contributed by atoms with Gasteiger partial charge in [-0.3, -0.25) is 0 Å². The highest BCUT2D eigenvalue weighted by Gasteiger charge is 2.29. The molecule has 0 saturated carbocycles. The maximum Gasteiger partial charge on any atom is 0.0426 e. The largest absolute Gasteiger partial charge is 0.370 e. The molecule has 1 aliphatic heterocycles. The first kappa shape index (κ1) is 11.7. The second-order valence-electron chi connectivity index (χ2n) is 4.82. The van der Waals surface area contributed by atoms with Crippen molar-refractivity contribution in [2.45, 2.75) is 25.3 Å². The lowest BCUT2D eigenvalue weighted by molar-refractivity contribution is 0.316. The standard InChI is InChI=1S/C13H19ClN2/c1-13(15-2)7-4-8-16(10-13)12-6-3-5-11(14)9-12/h3,5-6,9,15H,4,7-8,10H2,1-2H3. The maximum absolute atomic E-state index is 6.03. The van der Waals surface area contributed by atoms with Gasteiger partial charge in [0.1, 0.15) is 0 Å². The second kappa shape index (κ2) is 4.64. The van der Waals surface area contributed by atoms with Crippen LogP contribution in [0.4, 0.5) is 5.69 Å². The fourth-order valence-corrected chi connectivity index (χ4v) is 2.52. The zero-order valence-corrected chi connectivity index (χ0v) is 10.7. The fraction of sp³-hybridized carbons (Fsp3) is 0.538. The summed E-state index contributed by atoms with van der Waals surface area (Å²) in [6, 6.07) is 8.12. The number of hydrogen-bond acceptors (Lipinski definition) is 2. The van der Waals surface area contributed by atoms with Crippen molar-refractivity contribution in [3.8, 4) is 0 Å². The average Bonchev–Trinajstić information content (AvgIpc) is 2.29. The third kappa shape index (κ3) is 2.50. The molecule has 0 aliphatic carbocycles. The van der Waals surface area contributed by atoms with E-state index in [-0.39, 0.29) is 5.54 Å². The molecule has 1 fully saturated rings. The molecular weight excluding hydrogens is 220 g/mol. The van der Waals surface area contributed by atoms with E-state index in [0.29, 0.717) is 0 Å². The minimum absolute atomic E-state index is 0.223. The van der Waals surface area contributed by atoms with Crippen LogP contribution >= 0.6 is 11.6 Å². The molecule has 0 aromatic heterocycles. The Labute approximate surface area is 103 Å². The molecule has 2 rings (SSSR count). The van der Waals surface area contributed by atoms with Crippen LogP contribution in [0.3, 0.4) is 0 Å². The molecule has 88 valence electrons. The molecule has 1 saturated heterocycles. The molecule has 0 radical (unpaired) electrons. The Balaban J connectivity index is 2.16. The summed E-state index contributed by atoms with van der Waals surface area (Å²) in [7, 11) is 2.04. The summed E-state index contributed by atoms with van der Waals surface area (Å²) in [6.07, 6.45) is 2.46. The highest BCUT2D eigenvalue weighted by atomic mass is 35.5. The number of nitrogens with zero attached hydrogens (tertiary/aromatic N) is 1.